The van der Waals surface area contributed by atoms with Crippen molar-refractivity contribution in [3.8, 4) is 28.0 Å². The summed E-state index contributed by atoms with van der Waals surface area (Å²) < 4.78 is 18.5. The summed E-state index contributed by atoms with van der Waals surface area (Å²) in [5, 5.41) is 8.74. The molecule has 146 valence electrons. The molecule has 29 heavy (non-hydrogen) atoms. The van der Waals surface area contributed by atoms with Crippen molar-refractivity contribution in [2.75, 3.05) is 12.8 Å². The number of carboxylic acid groups (broad SMARTS) is 1. The fourth-order valence-electron chi connectivity index (χ4n) is 3.11. The third-order valence-electron chi connectivity index (χ3n) is 4.48. The van der Waals surface area contributed by atoms with Crippen LogP contribution in [0, 0.1) is 5.82 Å². The Balaban J connectivity index is 0.000000755. The van der Waals surface area contributed by atoms with Crippen LogP contribution in [0.3, 0.4) is 0 Å². The smallest absolute Gasteiger partial charge is 0.290 e. The number of rotatable bonds is 3. The highest BCUT2D eigenvalue weighted by molar-refractivity contribution is 6.03. The van der Waals surface area contributed by atoms with Crippen LogP contribution in [0.5, 0.6) is 5.75 Å². The van der Waals surface area contributed by atoms with Gasteiger partial charge >= 0.3 is 0 Å². The molecular weight excluding hydrogens is 371 g/mol. The second-order valence-corrected chi connectivity index (χ2v) is 6.16. The van der Waals surface area contributed by atoms with Gasteiger partial charge in [0.25, 0.3) is 6.47 Å². The number of hydrogen-bond acceptors (Lipinski definition) is 4. The number of carbonyl (C=O) groups is 1. The molecule has 4 aromatic rings. The number of nitrogen functional groups attached to an aromatic ring is 1. The van der Waals surface area contributed by atoms with Crippen LogP contribution in [0.15, 0.2) is 72.9 Å². The molecule has 0 radical (unpaired) electrons. The maximum atomic E-state index is 13.2. The molecule has 0 amide bonds. The first-order valence-electron chi connectivity index (χ1n) is 8.74. The van der Waals surface area contributed by atoms with Gasteiger partial charge in [0.15, 0.2) is 0 Å². The molecule has 3 aromatic carbocycles. The predicted molar refractivity (Wildman–Crippen MR) is 112 cm³/mol. The van der Waals surface area contributed by atoms with Gasteiger partial charge in [-0.1, -0.05) is 36.4 Å². The van der Waals surface area contributed by atoms with Gasteiger partial charge in [-0.2, -0.15) is 0 Å². The molecule has 6 heteroatoms. The van der Waals surface area contributed by atoms with Gasteiger partial charge in [-0.3, -0.25) is 4.79 Å². The van der Waals surface area contributed by atoms with Gasteiger partial charge < -0.3 is 15.6 Å². The number of halogens is 1. The average molecular weight is 390 g/mol. The molecule has 0 saturated carbocycles. The minimum absolute atomic E-state index is 0.250. The molecule has 0 aliphatic rings. The number of nitrogens with two attached hydrogens (primary N) is 1. The highest BCUT2D eigenvalue weighted by Crippen LogP contribution is 2.34. The molecule has 0 fully saturated rings. The van der Waals surface area contributed by atoms with Crippen molar-refractivity contribution in [2.24, 2.45) is 0 Å². The number of aromatic nitrogens is 1. The summed E-state index contributed by atoms with van der Waals surface area (Å²) in [6.45, 7) is -0.250. The molecule has 0 aliphatic carbocycles. The molecule has 0 spiro atoms. The minimum atomic E-state index is -0.262. The van der Waals surface area contributed by atoms with Crippen molar-refractivity contribution < 1.29 is 19.0 Å². The first-order chi connectivity index (χ1) is 14.1. The van der Waals surface area contributed by atoms with Crippen LogP contribution in [0.2, 0.25) is 0 Å². The molecule has 0 bridgehead atoms. The van der Waals surface area contributed by atoms with Gasteiger partial charge in [0.2, 0.25) is 0 Å². The molecule has 1 heterocycles. The Morgan fingerprint density at radius 2 is 1.62 bits per heavy atom. The van der Waals surface area contributed by atoms with E-state index >= 15 is 0 Å². The van der Waals surface area contributed by atoms with E-state index in [4.69, 9.17) is 20.4 Å². The quantitative estimate of drug-likeness (QED) is 0.481. The van der Waals surface area contributed by atoms with E-state index in [1.54, 1.807) is 25.4 Å². The summed E-state index contributed by atoms with van der Waals surface area (Å²) in [6.07, 6.45) is 1.73. The lowest BCUT2D eigenvalue weighted by Crippen LogP contribution is -1.94. The highest BCUT2D eigenvalue weighted by atomic mass is 19.1. The van der Waals surface area contributed by atoms with E-state index in [1.165, 1.54) is 12.1 Å². The summed E-state index contributed by atoms with van der Waals surface area (Å²) in [5.74, 6) is 1.01. The van der Waals surface area contributed by atoms with Gasteiger partial charge in [-0.05, 0) is 52.4 Å². The fourth-order valence-corrected chi connectivity index (χ4v) is 3.11. The third-order valence-corrected chi connectivity index (χ3v) is 4.48. The van der Waals surface area contributed by atoms with E-state index in [2.05, 4.69) is 4.98 Å². The zero-order valence-corrected chi connectivity index (χ0v) is 15.7. The summed E-state index contributed by atoms with van der Waals surface area (Å²) in [5.41, 5.74) is 10.0. The number of fused-ring (bicyclic) bond motifs is 1. The van der Waals surface area contributed by atoms with E-state index in [0.717, 1.165) is 38.8 Å². The van der Waals surface area contributed by atoms with Crippen molar-refractivity contribution >= 4 is 23.1 Å². The van der Waals surface area contributed by atoms with Crippen molar-refractivity contribution in [3.05, 3.63) is 78.7 Å². The minimum Gasteiger partial charge on any atom is -0.497 e. The maximum absolute atomic E-state index is 13.2. The van der Waals surface area contributed by atoms with Crippen molar-refractivity contribution in [1.82, 2.24) is 4.98 Å². The van der Waals surface area contributed by atoms with Crippen LogP contribution in [0.4, 0.5) is 10.2 Å². The number of methoxy groups -OCH3 is 1. The van der Waals surface area contributed by atoms with Crippen LogP contribution in [-0.4, -0.2) is 23.7 Å². The summed E-state index contributed by atoms with van der Waals surface area (Å²) in [7, 11) is 1.65. The molecule has 3 N–H and O–H groups in total. The lowest BCUT2D eigenvalue weighted by Gasteiger charge is -2.11. The molecule has 1 aromatic heterocycles. The number of nitrogens with zero attached hydrogens (tertiary/aromatic N) is 1. The Morgan fingerprint density at radius 3 is 2.31 bits per heavy atom. The summed E-state index contributed by atoms with van der Waals surface area (Å²) in [4.78, 5) is 12.7. The maximum Gasteiger partial charge on any atom is 0.290 e. The molecule has 0 saturated heterocycles. The normalized spacial score (nSPS) is 10.1. The number of benzene rings is 3. The van der Waals surface area contributed by atoms with E-state index in [9.17, 15) is 4.39 Å². The topological polar surface area (TPSA) is 85.4 Å². The number of anilines is 1. The Hall–Kier alpha value is -3.93. The van der Waals surface area contributed by atoms with Gasteiger partial charge in [0.05, 0.1) is 7.11 Å². The largest absolute Gasteiger partial charge is 0.497 e. The fraction of sp³-hybridized carbons (Fsp3) is 0.0435. The van der Waals surface area contributed by atoms with Crippen LogP contribution >= 0.6 is 0 Å². The summed E-state index contributed by atoms with van der Waals surface area (Å²) >= 11 is 0. The van der Waals surface area contributed by atoms with E-state index < -0.39 is 0 Å². The zero-order valence-electron chi connectivity index (χ0n) is 15.7. The summed E-state index contributed by atoms with van der Waals surface area (Å²) in [6, 6.07) is 20.4. The van der Waals surface area contributed by atoms with Crippen LogP contribution < -0.4 is 10.5 Å². The Kier molecular flexibility index (Phi) is 6.04. The Morgan fingerprint density at radius 1 is 0.966 bits per heavy atom. The van der Waals surface area contributed by atoms with Crippen molar-refractivity contribution in [3.63, 3.8) is 0 Å². The van der Waals surface area contributed by atoms with Gasteiger partial charge in [0.1, 0.15) is 17.4 Å². The zero-order chi connectivity index (χ0) is 20.8. The third kappa shape index (κ3) is 4.32. The molecule has 0 unspecified atom stereocenters. The molecule has 5 nitrogen and oxygen atoms in total. The standard InChI is InChI=1S/C22H17FN2O.CH2O2/c1-26-18-4-2-3-15(11-18)16-7-10-19-20(12-16)22(24)25-13-21(19)14-5-8-17(23)9-6-14;2-1-3/h2-13H,1H3,(H2,24,25);1H,(H,2,3). The Labute approximate surface area is 167 Å². The number of ether oxygens (including phenoxy) is 1. The first-order valence-corrected chi connectivity index (χ1v) is 8.74. The molecule has 0 atom stereocenters. The van der Waals surface area contributed by atoms with E-state index in [1.807, 2.05) is 42.5 Å². The van der Waals surface area contributed by atoms with Crippen molar-refractivity contribution in [1.29, 1.82) is 0 Å². The Bertz CT molecular complexity index is 1140. The van der Waals surface area contributed by atoms with Gasteiger partial charge in [-0.25, -0.2) is 9.37 Å². The molecular formula is C23H19FN2O3. The van der Waals surface area contributed by atoms with Gasteiger partial charge in [0, 0.05) is 17.1 Å². The van der Waals surface area contributed by atoms with Crippen LogP contribution in [-0.2, 0) is 4.79 Å². The number of hydrogen-bond donors (Lipinski definition) is 2. The predicted octanol–water partition coefficient (Wildman–Crippen LogP) is 5.00. The van der Waals surface area contributed by atoms with E-state index in [0.29, 0.717) is 5.82 Å². The van der Waals surface area contributed by atoms with Crippen LogP contribution in [0.1, 0.15) is 0 Å². The second kappa shape index (κ2) is 8.84. The lowest BCUT2D eigenvalue weighted by molar-refractivity contribution is -0.122. The monoisotopic (exact) mass is 390 g/mol. The average Bonchev–Trinajstić information content (AvgIpc) is 2.75. The first kappa shape index (κ1) is 19.8. The number of pyridine rings is 1. The highest BCUT2D eigenvalue weighted by Gasteiger charge is 2.10. The van der Waals surface area contributed by atoms with E-state index in [-0.39, 0.29) is 12.3 Å². The SMILES string of the molecule is COc1cccc(-c2ccc3c(-c4ccc(F)cc4)cnc(N)c3c2)c1.O=CO. The van der Waals surface area contributed by atoms with Gasteiger partial charge in [-0.15, -0.1) is 0 Å². The van der Waals surface area contributed by atoms with Crippen molar-refractivity contribution in [2.45, 2.75) is 0 Å². The lowest BCUT2D eigenvalue weighted by atomic mass is 9.96. The second-order valence-electron chi connectivity index (χ2n) is 6.16. The van der Waals surface area contributed by atoms with Crippen LogP contribution in [0.25, 0.3) is 33.0 Å². The molecule has 0 aliphatic heterocycles. The molecule has 4 rings (SSSR count).